The van der Waals surface area contributed by atoms with Crippen molar-refractivity contribution < 1.29 is 0 Å². The van der Waals surface area contributed by atoms with Gasteiger partial charge < -0.3 is 0 Å². The molecule has 0 aliphatic rings. The minimum atomic E-state index is -0.0303. The van der Waals surface area contributed by atoms with Crippen LogP contribution in [0.15, 0.2) is 40.9 Å². The molecule has 5 heteroatoms. The highest BCUT2D eigenvalue weighted by molar-refractivity contribution is 9.10. The number of hydrogen-bond donors (Lipinski definition) is 0. The van der Waals surface area contributed by atoms with Crippen LogP contribution in [0.3, 0.4) is 0 Å². The standard InChI is InChI=1S/C13H7Br2Cl3/c14-8-2-4-10(16)9(6-8)13(15)7-1-3-11(17)12(18)5-7/h1-6,13H. The Morgan fingerprint density at radius 3 is 2.17 bits per heavy atom. The molecular formula is C13H7Br2Cl3. The average molecular weight is 429 g/mol. The lowest BCUT2D eigenvalue weighted by Crippen LogP contribution is -1.94. The Morgan fingerprint density at radius 1 is 0.833 bits per heavy atom. The fourth-order valence-electron chi connectivity index (χ4n) is 1.56. The maximum Gasteiger partial charge on any atom is 0.0660 e. The van der Waals surface area contributed by atoms with Crippen LogP contribution in [0.1, 0.15) is 16.0 Å². The van der Waals surface area contributed by atoms with E-state index in [4.69, 9.17) is 34.8 Å². The van der Waals surface area contributed by atoms with Gasteiger partial charge in [0.05, 0.1) is 14.9 Å². The van der Waals surface area contributed by atoms with Crippen LogP contribution < -0.4 is 0 Å². The Balaban J connectivity index is 2.44. The van der Waals surface area contributed by atoms with Gasteiger partial charge in [0.2, 0.25) is 0 Å². The normalized spacial score (nSPS) is 12.5. The van der Waals surface area contributed by atoms with Gasteiger partial charge in [-0.25, -0.2) is 0 Å². The summed E-state index contributed by atoms with van der Waals surface area (Å²) < 4.78 is 0.978. The van der Waals surface area contributed by atoms with E-state index in [1.807, 2.05) is 30.3 Å². The van der Waals surface area contributed by atoms with E-state index in [1.165, 1.54) is 0 Å². The molecule has 2 aromatic rings. The van der Waals surface area contributed by atoms with Gasteiger partial charge in [0, 0.05) is 9.50 Å². The molecule has 1 atom stereocenters. The van der Waals surface area contributed by atoms with Crippen molar-refractivity contribution >= 4 is 66.7 Å². The zero-order chi connectivity index (χ0) is 13.3. The smallest absolute Gasteiger partial charge is 0.0660 e. The zero-order valence-corrected chi connectivity index (χ0v) is 14.4. The van der Waals surface area contributed by atoms with Crippen LogP contribution in [-0.2, 0) is 0 Å². The van der Waals surface area contributed by atoms with Crippen molar-refractivity contribution in [3.8, 4) is 0 Å². The quantitative estimate of drug-likeness (QED) is 0.456. The first-order chi connectivity index (χ1) is 8.49. The van der Waals surface area contributed by atoms with Crippen LogP contribution in [-0.4, -0.2) is 0 Å². The maximum absolute atomic E-state index is 6.20. The fourth-order valence-corrected chi connectivity index (χ4v) is 3.27. The van der Waals surface area contributed by atoms with Crippen LogP contribution in [0.4, 0.5) is 0 Å². The number of halogens is 5. The molecule has 0 amide bonds. The van der Waals surface area contributed by atoms with Gasteiger partial charge >= 0.3 is 0 Å². The highest BCUT2D eigenvalue weighted by Gasteiger charge is 2.15. The van der Waals surface area contributed by atoms with Crippen LogP contribution in [0.2, 0.25) is 15.1 Å². The van der Waals surface area contributed by atoms with Gasteiger partial charge in [0.25, 0.3) is 0 Å². The first-order valence-corrected chi connectivity index (χ1v) is 7.87. The van der Waals surface area contributed by atoms with Gasteiger partial charge in [-0.2, -0.15) is 0 Å². The molecule has 18 heavy (non-hydrogen) atoms. The molecule has 0 N–H and O–H groups in total. The van der Waals surface area contributed by atoms with E-state index in [-0.39, 0.29) is 4.83 Å². The monoisotopic (exact) mass is 426 g/mol. The van der Waals surface area contributed by atoms with E-state index in [0.717, 1.165) is 15.6 Å². The lowest BCUT2D eigenvalue weighted by atomic mass is 10.0. The average Bonchev–Trinajstić information content (AvgIpc) is 2.35. The molecule has 0 aromatic heterocycles. The number of alkyl halides is 1. The molecule has 0 aliphatic carbocycles. The molecule has 0 aliphatic heterocycles. The van der Waals surface area contributed by atoms with E-state index in [1.54, 1.807) is 6.07 Å². The summed E-state index contributed by atoms with van der Waals surface area (Å²) in [6.07, 6.45) is 0. The van der Waals surface area contributed by atoms with E-state index in [9.17, 15) is 0 Å². The molecule has 0 nitrogen and oxygen atoms in total. The van der Waals surface area contributed by atoms with Crippen molar-refractivity contribution in [2.24, 2.45) is 0 Å². The first-order valence-electron chi connectivity index (χ1n) is 5.03. The summed E-state index contributed by atoms with van der Waals surface area (Å²) in [4.78, 5) is -0.0303. The van der Waals surface area contributed by atoms with Crippen molar-refractivity contribution in [1.29, 1.82) is 0 Å². The summed E-state index contributed by atoms with van der Waals surface area (Å²) in [5.74, 6) is 0. The van der Waals surface area contributed by atoms with Gasteiger partial charge in [-0.1, -0.05) is 72.7 Å². The topological polar surface area (TPSA) is 0 Å². The van der Waals surface area contributed by atoms with Crippen molar-refractivity contribution in [3.05, 3.63) is 67.1 Å². The summed E-state index contributed by atoms with van der Waals surface area (Å²) in [6.45, 7) is 0. The Hall–Kier alpha value is 0.270. The second-order valence-corrected chi connectivity index (χ2v) is 6.75. The third kappa shape index (κ3) is 3.23. The van der Waals surface area contributed by atoms with Gasteiger partial charge in [-0.15, -0.1) is 0 Å². The lowest BCUT2D eigenvalue weighted by molar-refractivity contribution is 1.17. The fraction of sp³-hybridized carbons (Fsp3) is 0.0769. The summed E-state index contributed by atoms with van der Waals surface area (Å²) in [5, 5.41) is 1.77. The summed E-state index contributed by atoms with van der Waals surface area (Å²) in [7, 11) is 0. The highest BCUT2D eigenvalue weighted by Crippen LogP contribution is 2.38. The van der Waals surface area contributed by atoms with Crippen molar-refractivity contribution in [2.45, 2.75) is 4.83 Å². The van der Waals surface area contributed by atoms with Crippen LogP contribution in [0.5, 0.6) is 0 Å². The predicted molar refractivity (Wildman–Crippen MR) is 86.4 cm³/mol. The molecular weight excluding hydrogens is 422 g/mol. The summed E-state index contributed by atoms with van der Waals surface area (Å²) >= 11 is 25.2. The minimum Gasteiger partial charge on any atom is -0.0840 e. The van der Waals surface area contributed by atoms with E-state index < -0.39 is 0 Å². The summed E-state index contributed by atoms with van der Waals surface area (Å²) in [6, 6.07) is 11.3. The number of rotatable bonds is 2. The zero-order valence-electron chi connectivity index (χ0n) is 8.93. The molecule has 0 heterocycles. The second kappa shape index (κ2) is 6.15. The maximum atomic E-state index is 6.20. The van der Waals surface area contributed by atoms with Crippen LogP contribution in [0.25, 0.3) is 0 Å². The number of benzene rings is 2. The third-order valence-corrected chi connectivity index (χ3v) is 5.07. The van der Waals surface area contributed by atoms with Gasteiger partial charge in [0.1, 0.15) is 0 Å². The van der Waals surface area contributed by atoms with E-state index >= 15 is 0 Å². The first kappa shape index (κ1) is 14.7. The molecule has 94 valence electrons. The predicted octanol–water partition coefficient (Wildman–Crippen LogP) is 6.89. The van der Waals surface area contributed by atoms with E-state index in [2.05, 4.69) is 31.9 Å². The van der Waals surface area contributed by atoms with Crippen molar-refractivity contribution in [3.63, 3.8) is 0 Å². The number of hydrogen-bond acceptors (Lipinski definition) is 0. The third-order valence-electron chi connectivity index (χ3n) is 2.47. The van der Waals surface area contributed by atoms with Crippen LogP contribution >= 0.6 is 66.7 Å². The molecule has 1 unspecified atom stereocenters. The Bertz CT molecular complexity index is 584. The summed E-state index contributed by atoms with van der Waals surface area (Å²) in [5.41, 5.74) is 1.98. The largest absolute Gasteiger partial charge is 0.0840 e. The van der Waals surface area contributed by atoms with Crippen LogP contribution in [0, 0.1) is 0 Å². The minimum absolute atomic E-state index is 0.0303. The van der Waals surface area contributed by atoms with Gasteiger partial charge in [-0.05, 0) is 41.5 Å². The highest BCUT2D eigenvalue weighted by atomic mass is 79.9. The second-order valence-electron chi connectivity index (χ2n) is 3.70. The lowest BCUT2D eigenvalue weighted by Gasteiger charge is -2.13. The van der Waals surface area contributed by atoms with Crippen molar-refractivity contribution in [2.75, 3.05) is 0 Å². The Kier molecular flexibility index (Phi) is 5.01. The molecule has 0 radical (unpaired) electrons. The molecule has 0 saturated carbocycles. The van der Waals surface area contributed by atoms with Gasteiger partial charge in [-0.3, -0.25) is 0 Å². The molecule has 0 fully saturated rings. The SMILES string of the molecule is Clc1ccc(C(Br)c2cc(Br)ccc2Cl)cc1Cl. The van der Waals surface area contributed by atoms with Crippen molar-refractivity contribution in [1.82, 2.24) is 0 Å². The Morgan fingerprint density at radius 2 is 1.50 bits per heavy atom. The molecule has 0 bridgehead atoms. The van der Waals surface area contributed by atoms with Gasteiger partial charge in [0.15, 0.2) is 0 Å². The van der Waals surface area contributed by atoms with E-state index in [0.29, 0.717) is 15.1 Å². The molecule has 0 spiro atoms. The molecule has 0 saturated heterocycles. The molecule has 2 rings (SSSR count). The molecule has 2 aromatic carbocycles. The Labute approximate surface area is 137 Å².